The van der Waals surface area contributed by atoms with Gasteiger partial charge in [-0.3, -0.25) is 4.68 Å². The maximum absolute atomic E-state index is 5.73. The minimum absolute atomic E-state index is 0.171. The van der Waals surface area contributed by atoms with Crippen LogP contribution in [0.5, 0.6) is 5.75 Å². The fraction of sp³-hybridized carbons (Fsp3) is 0.750. The van der Waals surface area contributed by atoms with Gasteiger partial charge in [0.25, 0.3) is 0 Å². The molecule has 0 radical (unpaired) electrons. The van der Waals surface area contributed by atoms with Crippen molar-refractivity contribution in [3.8, 4) is 5.75 Å². The molecule has 0 bridgehead atoms. The lowest BCUT2D eigenvalue weighted by Crippen LogP contribution is -2.35. The van der Waals surface area contributed by atoms with Crippen LogP contribution in [-0.4, -0.2) is 28.5 Å². The molecule has 16 heavy (non-hydrogen) atoms. The van der Waals surface area contributed by atoms with Gasteiger partial charge in [-0.05, 0) is 19.8 Å². The maximum Gasteiger partial charge on any atom is 0.157 e. The topological polar surface area (TPSA) is 39.1 Å². The highest BCUT2D eigenvalue weighted by Gasteiger charge is 2.08. The SMILES string of the molecule is CCC(CC)NCC(C)Oc1cnn(C)c1. The maximum atomic E-state index is 5.73. The van der Waals surface area contributed by atoms with Gasteiger partial charge >= 0.3 is 0 Å². The molecular formula is C12H23N3O. The predicted molar refractivity (Wildman–Crippen MR) is 65.7 cm³/mol. The summed E-state index contributed by atoms with van der Waals surface area (Å²) in [6, 6.07) is 0.597. The average Bonchev–Trinajstić information content (AvgIpc) is 2.65. The fourth-order valence-electron chi connectivity index (χ4n) is 1.64. The summed E-state index contributed by atoms with van der Waals surface area (Å²) in [7, 11) is 1.89. The molecule has 0 spiro atoms. The predicted octanol–water partition coefficient (Wildman–Crippen LogP) is 1.97. The van der Waals surface area contributed by atoms with Crippen LogP contribution in [0.25, 0.3) is 0 Å². The van der Waals surface area contributed by atoms with Crippen molar-refractivity contribution in [1.29, 1.82) is 0 Å². The Bertz CT molecular complexity index is 294. The largest absolute Gasteiger partial charge is 0.486 e. The van der Waals surface area contributed by atoms with Gasteiger partial charge in [0.05, 0.1) is 12.4 Å². The van der Waals surface area contributed by atoms with Crippen molar-refractivity contribution in [2.75, 3.05) is 6.54 Å². The molecule has 0 aromatic carbocycles. The van der Waals surface area contributed by atoms with E-state index in [9.17, 15) is 0 Å². The van der Waals surface area contributed by atoms with Crippen LogP contribution in [0.3, 0.4) is 0 Å². The summed E-state index contributed by atoms with van der Waals surface area (Å²) < 4.78 is 7.48. The number of nitrogens with one attached hydrogen (secondary N) is 1. The van der Waals surface area contributed by atoms with Crippen molar-refractivity contribution in [3.05, 3.63) is 12.4 Å². The molecule has 92 valence electrons. The van der Waals surface area contributed by atoms with Gasteiger partial charge in [0.1, 0.15) is 6.10 Å². The standard InChI is InChI=1S/C12H23N3O/c1-5-11(6-2)13-7-10(3)16-12-8-14-15(4)9-12/h8-11,13H,5-7H2,1-4H3. The zero-order chi connectivity index (χ0) is 12.0. The first-order valence-corrected chi connectivity index (χ1v) is 6.04. The van der Waals surface area contributed by atoms with E-state index in [1.807, 2.05) is 13.2 Å². The Morgan fingerprint density at radius 1 is 1.44 bits per heavy atom. The van der Waals surface area contributed by atoms with Crippen LogP contribution >= 0.6 is 0 Å². The molecule has 1 unspecified atom stereocenters. The van der Waals surface area contributed by atoms with Crippen LogP contribution in [0.4, 0.5) is 0 Å². The lowest BCUT2D eigenvalue weighted by atomic mass is 10.1. The Labute approximate surface area is 98.0 Å². The third kappa shape index (κ3) is 4.23. The van der Waals surface area contributed by atoms with Crippen LogP contribution in [0.1, 0.15) is 33.6 Å². The van der Waals surface area contributed by atoms with Crippen molar-refractivity contribution >= 4 is 0 Å². The number of hydrogen-bond donors (Lipinski definition) is 1. The van der Waals surface area contributed by atoms with Crippen LogP contribution < -0.4 is 10.1 Å². The van der Waals surface area contributed by atoms with Gasteiger partial charge in [0.15, 0.2) is 5.75 Å². The van der Waals surface area contributed by atoms with Gasteiger partial charge in [0, 0.05) is 19.6 Å². The van der Waals surface area contributed by atoms with Crippen molar-refractivity contribution in [3.63, 3.8) is 0 Å². The molecule has 1 aromatic rings. The molecule has 1 heterocycles. The van der Waals surface area contributed by atoms with Crippen LogP contribution in [0.2, 0.25) is 0 Å². The van der Waals surface area contributed by atoms with Crippen molar-refractivity contribution < 1.29 is 4.74 Å². The molecule has 4 nitrogen and oxygen atoms in total. The molecular weight excluding hydrogens is 202 g/mol. The van der Waals surface area contributed by atoms with E-state index in [0.717, 1.165) is 25.1 Å². The molecule has 1 N–H and O–H groups in total. The second kappa shape index (κ2) is 6.53. The first-order valence-electron chi connectivity index (χ1n) is 6.04. The zero-order valence-corrected chi connectivity index (χ0v) is 10.7. The number of aryl methyl sites for hydroxylation is 1. The third-order valence-electron chi connectivity index (χ3n) is 2.70. The zero-order valence-electron chi connectivity index (χ0n) is 10.7. The van der Waals surface area contributed by atoms with Crippen molar-refractivity contribution in [2.24, 2.45) is 7.05 Å². The quantitative estimate of drug-likeness (QED) is 0.771. The Hall–Kier alpha value is -1.03. The Morgan fingerprint density at radius 3 is 2.62 bits per heavy atom. The summed E-state index contributed by atoms with van der Waals surface area (Å²) in [6.07, 6.45) is 6.12. The third-order valence-corrected chi connectivity index (χ3v) is 2.70. The summed E-state index contributed by atoms with van der Waals surface area (Å²) in [4.78, 5) is 0. The van der Waals surface area contributed by atoms with E-state index in [0.29, 0.717) is 6.04 Å². The van der Waals surface area contributed by atoms with E-state index in [-0.39, 0.29) is 6.10 Å². The van der Waals surface area contributed by atoms with E-state index >= 15 is 0 Å². The molecule has 0 aliphatic heterocycles. The monoisotopic (exact) mass is 225 g/mol. The number of ether oxygens (including phenoxy) is 1. The molecule has 0 amide bonds. The van der Waals surface area contributed by atoms with Gasteiger partial charge in [-0.1, -0.05) is 13.8 Å². The molecule has 1 atom stereocenters. The van der Waals surface area contributed by atoms with Crippen LogP contribution in [-0.2, 0) is 7.05 Å². The van der Waals surface area contributed by atoms with Crippen LogP contribution in [0, 0.1) is 0 Å². The normalized spacial score (nSPS) is 13.1. The van der Waals surface area contributed by atoms with Gasteiger partial charge in [-0.2, -0.15) is 5.10 Å². The molecule has 1 aromatic heterocycles. The van der Waals surface area contributed by atoms with Gasteiger partial charge in [-0.25, -0.2) is 0 Å². The second-order valence-electron chi connectivity index (χ2n) is 4.20. The molecule has 1 rings (SSSR count). The van der Waals surface area contributed by atoms with Gasteiger partial charge in [0.2, 0.25) is 0 Å². The highest BCUT2D eigenvalue weighted by Crippen LogP contribution is 2.09. The number of aromatic nitrogens is 2. The van der Waals surface area contributed by atoms with E-state index in [1.54, 1.807) is 10.9 Å². The van der Waals surface area contributed by atoms with Crippen LogP contribution in [0.15, 0.2) is 12.4 Å². The molecule has 0 aliphatic rings. The van der Waals surface area contributed by atoms with Gasteiger partial charge < -0.3 is 10.1 Å². The summed E-state index contributed by atoms with van der Waals surface area (Å²) in [5.74, 6) is 0.835. The first kappa shape index (κ1) is 13.0. The van der Waals surface area contributed by atoms with Crippen molar-refractivity contribution in [2.45, 2.75) is 45.8 Å². The van der Waals surface area contributed by atoms with Gasteiger partial charge in [-0.15, -0.1) is 0 Å². The van der Waals surface area contributed by atoms with E-state index < -0.39 is 0 Å². The fourth-order valence-corrected chi connectivity index (χ4v) is 1.64. The summed E-state index contributed by atoms with van der Waals surface area (Å²) in [5, 5.41) is 7.56. The van der Waals surface area contributed by atoms with E-state index in [1.165, 1.54) is 0 Å². The number of rotatable bonds is 7. The summed E-state index contributed by atoms with van der Waals surface area (Å²) in [5.41, 5.74) is 0. The van der Waals surface area contributed by atoms with E-state index in [4.69, 9.17) is 4.74 Å². The molecule has 0 saturated heterocycles. The molecule has 0 saturated carbocycles. The first-order chi connectivity index (χ1) is 7.65. The summed E-state index contributed by atoms with van der Waals surface area (Å²) >= 11 is 0. The smallest absolute Gasteiger partial charge is 0.157 e. The molecule has 0 aliphatic carbocycles. The number of nitrogens with zero attached hydrogens (tertiary/aromatic N) is 2. The van der Waals surface area contributed by atoms with E-state index in [2.05, 4.69) is 31.2 Å². The Kier molecular flexibility index (Phi) is 5.32. The minimum atomic E-state index is 0.171. The molecule has 0 fully saturated rings. The average molecular weight is 225 g/mol. The summed E-state index contributed by atoms with van der Waals surface area (Å²) in [6.45, 7) is 7.35. The minimum Gasteiger partial charge on any atom is -0.486 e. The number of hydrogen-bond acceptors (Lipinski definition) is 3. The Morgan fingerprint density at radius 2 is 2.12 bits per heavy atom. The van der Waals surface area contributed by atoms with Crippen molar-refractivity contribution in [1.82, 2.24) is 15.1 Å². The highest BCUT2D eigenvalue weighted by molar-refractivity contribution is 5.11. The second-order valence-corrected chi connectivity index (χ2v) is 4.20. The lowest BCUT2D eigenvalue weighted by molar-refractivity contribution is 0.210. The Balaban J connectivity index is 2.27. The highest BCUT2D eigenvalue weighted by atomic mass is 16.5. The lowest BCUT2D eigenvalue weighted by Gasteiger charge is -2.19. The molecule has 4 heteroatoms.